The van der Waals surface area contributed by atoms with E-state index in [1.165, 1.54) is 0 Å². The van der Waals surface area contributed by atoms with Crippen molar-refractivity contribution < 1.29 is 26.3 Å². The summed E-state index contributed by atoms with van der Waals surface area (Å²) in [6, 6.07) is 11.1. The fourth-order valence-corrected chi connectivity index (χ4v) is 3.57. The van der Waals surface area contributed by atoms with Crippen LogP contribution in [0.3, 0.4) is 0 Å². The van der Waals surface area contributed by atoms with Crippen LogP contribution in [0.2, 0.25) is 0 Å². The summed E-state index contributed by atoms with van der Waals surface area (Å²) in [5.74, 6) is 0.701. The predicted octanol–water partition coefficient (Wildman–Crippen LogP) is 6.90. The Morgan fingerprint density at radius 2 is 1.35 bits per heavy atom. The lowest BCUT2D eigenvalue weighted by Crippen LogP contribution is -2.24. The summed E-state index contributed by atoms with van der Waals surface area (Å²) in [7, 11) is 0. The number of pyridine rings is 1. The molecule has 0 aliphatic heterocycles. The fraction of sp³-hybridized carbons (Fsp3) is 0.348. The number of aromatic nitrogens is 1. The van der Waals surface area contributed by atoms with Gasteiger partial charge in [0.15, 0.2) is 0 Å². The van der Waals surface area contributed by atoms with E-state index in [1.54, 1.807) is 0 Å². The molecule has 1 heterocycles. The minimum Gasteiger partial charge on any atom is -0.357 e. The van der Waals surface area contributed by atoms with Gasteiger partial charge >= 0.3 is 12.4 Å². The van der Waals surface area contributed by atoms with Gasteiger partial charge in [0.05, 0.1) is 16.6 Å². The van der Waals surface area contributed by atoms with E-state index < -0.39 is 23.5 Å². The zero-order valence-corrected chi connectivity index (χ0v) is 17.1. The molecule has 0 saturated carbocycles. The first-order chi connectivity index (χ1) is 14.5. The number of rotatable bonds is 6. The minimum atomic E-state index is -4.85. The molecule has 166 valence electrons. The van der Waals surface area contributed by atoms with Crippen molar-refractivity contribution >= 4 is 16.7 Å². The molecule has 0 radical (unpaired) electrons. The molecule has 0 amide bonds. The molecule has 0 aliphatic carbocycles. The molecule has 3 aromatic rings. The summed E-state index contributed by atoms with van der Waals surface area (Å²) in [5, 5.41) is 0.869. The van der Waals surface area contributed by atoms with Gasteiger partial charge in [-0.1, -0.05) is 18.2 Å². The summed E-state index contributed by atoms with van der Waals surface area (Å²) in [6.07, 6.45) is -9.41. The number of aryl methyl sites for hydroxylation is 2. The SMILES string of the molecule is CCN(CC)c1nc2ccccc2cc1CCc1cc(C(F)(F)F)cc(C(F)(F)F)c1. The Bertz CT molecular complexity index is 1020. The highest BCUT2D eigenvalue weighted by Gasteiger charge is 2.36. The minimum absolute atomic E-state index is 0.0131. The zero-order valence-electron chi connectivity index (χ0n) is 17.1. The number of para-hydroxylation sites is 1. The summed E-state index contributed by atoms with van der Waals surface area (Å²) in [4.78, 5) is 6.73. The molecule has 2 aromatic carbocycles. The number of hydrogen-bond acceptors (Lipinski definition) is 2. The number of halogens is 6. The Morgan fingerprint density at radius 3 is 1.90 bits per heavy atom. The zero-order chi connectivity index (χ0) is 22.8. The van der Waals surface area contributed by atoms with Crippen LogP contribution in [0.15, 0.2) is 48.5 Å². The molecule has 8 heteroatoms. The topological polar surface area (TPSA) is 16.1 Å². The van der Waals surface area contributed by atoms with E-state index in [4.69, 9.17) is 4.98 Å². The van der Waals surface area contributed by atoms with Crippen molar-refractivity contribution in [1.82, 2.24) is 4.98 Å². The Labute approximate surface area is 176 Å². The van der Waals surface area contributed by atoms with Crippen molar-refractivity contribution in [1.29, 1.82) is 0 Å². The number of alkyl halides is 6. The summed E-state index contributed by atoms with van der Waals surface area (Å²) < 4.78 is 78.9. The van der Waals surface area contributed by atoms with Gasteiger partial charge in [-0.25, -0.2) is 4.98 Å². The first-order valence-electron chi connectivity index (χ1n) is 9.95. The predicted molar refractivity (Wildman–Crippen MR) is 109 cm³/mol. The maximum absolute atomic E-state index is 13.2. The average molecular weight is 440 g/mol. The molecule has 1 aromatic heterocycles. The molecule has 3 rings (SSSR count). The van der Waals surface area contributed by atoms with Gasteiger partial charge in [0.25, 0.3) is 0 Å². The van der Waals surface area contributed by atoms with Crippen LogP contribution >= 0.6 is 0 Å². The third-order valence-electron chi connectivity index (χ3n) is 5.17. The monoisotopic (exact) mass is 440 g/mol. The molecule has 0 spiro atoms. The number of hydrogen-bond donors (Lipinski definition) is 0. The lowest BCUT2D eigenvalue weighted by atomic mass is 9.98. The lowest BCUT2D eigenvalue weighted by molar-refractivity contribution is -0.143. The molecule has 0 N–H and O–H groups in total. The van der Waals surface area contributed by atoms with E-state index in [-0.39, 0.29) is 24.5 Å². The summed E-state index contributed by atoms with van der Waals surface area (Å²) >= 11 is 0. The smallest absolute Gasteiger partial charge is 0.357 e. The number of fused-ring (bicyclic) bond motifs is 1. The third-order valence-corrected chi connectivity index (χ3v) is 5.17. The molecular weight excluding hydrogens is 418 g/mol. The first kappa shape index (κ1) is 22.9. The van der Waals surface area contributed by atoms with Crippen molar-refractivity contribution in [3.63, 3.8) is 0 Å². The van der Waals surface area contributed by atoms with E-state index in [0.29, 0.717) is 18.9 Å². The van der Waals surface area contributed by atoms with E-state index >= 15 is 0 Å². The van der Waals surface area contributed by atoms with Gasteiger partial charge in [-0.05, 0) is 68.1 Å². The summed E-state index contributed by atoms with van der Waals surface area (Å²) in [5.41, 5.74) is -1.03. The Kier molecular flexibility index (Phi) is 6.48. The number of benzene rings is 2. The fourth-order valence-electron chi connectivity index (χ4n) is 3.57. The van der Waals surface area contributed by atoms with Crippen LogP contribution in [0.1, 0.15) is 36.1 Å². The van der Waals surface area contributed by atoms with Crippen molar-refractivity contribution in [2.24, 2.45) is 0 Å². The van der Waals surface area contributed by atoms with Crippen molar-refractivity contribution in [3.8, 4) is 0 Å². The van der Waals surface area contributed by atoms with E-state index in [9.17, 15) is 26.3 Å². The number of nitrogens with zero attached hydrogens (tertiary/aromatic N) is 2. The van der Waals surface area contributed by atoms with Crippen LogP contribution in [-0.4, -0.2) is 18.1 Å². The average Bonchev–Trinajstić information content (AvgIpc) is 2.71. The van der Waals surface area contributed by atoms with Gasteiger partial charge < -0.3 is 4.90 Å². The highest BCUT2D eigenvalue weighted by molar-refractivity contribution is 5.81. The van der Waals surface area contributed by atoms with Crippen molar-refractivity contribution in [2.75, 3.05) is 18.0 Å². The standard InChI is InChI=1S/C23H22F6N2/c1-3-31(4-2)21-17(13-16-7-5-6-8-20(16)30-21)10-9-15-11-18(22(24,25)26)14-19(12-15)23(27,28)29/h5-8,11-14H,3-4,9-10H2,1-2H3. The van der Waals surface area contributed by atoms with Gasteiger partial charge in [0.1, 0.15) is 5.82 Å². The Morgan fingerprint density at radius 1 is 0.774 bits per heavy atom. The van der Waals surface area contributed by atoms with Gasteiger partial charge in [0.2, 0.25) is 0 Å². The van der Waals surface area contributed by atoms with Crippen LogP contribution < -0.4 is 4.90 Å². The van der Waals surface area contributed by atoms with E-state index in [0.717, 1.165) is 28.6 Å². The highest BCUT2D eigenvalue weighted by atomic mass is 19.4. The quantitative estimate of drug-likeness (QED) is 0.388. The van der Waals surface area contributed by atoms with E-state index in [2.05, 4.69) is 0 Å². The van der Waals surface area contributed by atoms with Crippen molar-refractivity contribution in [3.05, 3.63) is 70.8 Å². The Hall–Kier alpha value is -2.77. The summed E-state index contributed by atoms with van der Waals surface area (Å²) in [6.45, 7) is 5.28. The van der Waals surface area contributed by atoms with Gasteiger partial charge in [0, 0.05) is 18.5 Å². The first-order valence-corrected chi connectivity index (χ1v) is 9.95. The number of anilines is 1. The lowest BCUT2D eigenvalue weighted by Gasteiger charge is -2.23. The third kappa shape index (κ3) is 5.29. The Balaban J connectivity index is 2.01. The second-order valence-electron chi connectivity index (χ2n) is 7.25. The second-order valence-corrected chi connectivity index (χ2v) is 7.25. The molecule has 0 aliphatic rings. The molecule has 0 bridgehead atoms. The molecule has 0 saturated heterocycles. The molecule has 0 unspecified atom stereocenters. The van der Waals surface area contributed by atoms with E-state index in [1.807, 2.05) is 49.1 Å². The molecule has 0 fully saturated rings. The van der Waals surface area contributed by atoms with Crippen LogP contribution in [0, 0.1) is 0 Å². The maximum atomic E-state index is 13.2. The van der Waals surface area contributed by atoms with Gasteiger partial charge in [-0.2, -0.15) is 26.3 Å². The largest absolute Gasteiger partial charge is 0.416 e. The van der Waals surface area contributed by atoms with Gasteiger partial charge in [-0.15, -0.1) is 0 Å². The van der Waals surface area contributed by atoms with Crippen LogP contribution in [0.25, 0.3) is 10.9 Å². The van der Waals surface area contributed by atoms with Crippen molar-refractivity contribution in [2.45, 2.75) is 39.0 Å². The van der Waals surface area contributed by atoms with Gasteiger partial charge in [-0.3, -0.25) is 0 Å². The molecule has 0 atom stereocenters. The normalized spacial score (nSPS) is 12.4. The molecule has 31 heavy (non-hydrogen) atoms. The second kappa shape index (κ2) is 8.77. The molecule has 2 nitrogen and oxygen atoms in total. The maximum Gasteiger partial charge on any atom is 0.416 e. The van der Waals surface area contributed by atoms with Crippen LogP contribution in [-0.2, 0) is 25.2 Å². The van der Waals surface area contributed by atoms with Crippen LogP contribution in [0.5, 0.6) is 0 Å². The van der Waals surface area contributed by atoms with Crippen LogP contribution in [0.4, 0.5) is 32.2 Å². The molecular formula is C23H22F6N2. The highest BCUT2D eigenvalue weighted by Crippen LogP contribution is 2.36.